The van der Waals surface area contributed by atoms with E-state index in [1.807, 2.05) is 31.4 Å². The molecule has 1 N–H and O–H groups in total. The average Bonchev–Trinajstić information content (AvgIpc) is 2.90. The van der Waals surface area contributed by atoms with E-state index in [-0.39, 0.29) is 0 Å². The van der Waals surface area contributed by atoms with Crippen LogP contribution >= 0.6 is 11.3 Å². The van der Waals surface area contributed by atoms with Gasteiger partial charge in [-0.2, -0.15) is 0 Å². The highest BCUT2D eigenvalue weighted by molar-refractivity contribution is 7.18. The number of hydrogen-bond acceptors (Lipinski definition) is 4. The van der Waals surface area contributed by atoms with Gasteiger partial charge in [-0.1, -0.05) is 18.2 Å². The van der Waals surface area contributed by atoms with Gasteiger partial charge in [-0.25, -0.2) is 4.98 Å². The van der Waals surface area contributed by atoms with Crippen molar-refractivity contribution >= 4 is 21.6 Å². The van der Waals surface area contributed by atoms with Crippen LogP contribution in [0.15, 0.2) is 48.7 Å². The summed E-state index contributed by atoms with van der Waals surface area (Å²) >= 11 is 1.78. The highest BCUT2D eigenvalue weighted by atomic mass is 32.1. The first kappa shape index (κ1) is 13.2. The molecule has 0 radical (unpaired) electrons. The number of likely N-dealkylation sites (N-methyl/N-ethyl adjacent to an activating group) is 1. The van der Waals surface area contributed by atoms with Crippen LogP contribution in [-0.2, 0) is 12.8 Å². The maximum atomic E-state index is 4.70. The molecule has 0 spiro atoms. The Bertz CT molecular complexity index is 645. The minimum absolute atomic E-state index is 0.366. The summed E-state index contributed by atoms with van der Waals surface area (Å²) in [4.78, 5) is 9.09. The Morgan fingerprint density at radius 1 is 1.10 bits per heavy atom. The fraction of sp³-hybridized carbons (Fsp3) is 0.250. The van der Waals surface area contributed by atoms with E-state index >= 15 is 0 Å². The van der Waals surface area contributed by atoms with Crippen LogP contribution in [0.25, 0.3) is 10.2 Å². The summed E-state index contributed by atoms with van der Waals surface area (Å²) in [6.45, 7) is 0. The average molecular weight is 283 g/mol. The lowest BCUT2D eigenvalue weighted by atomic mass is 10.1. The third-order valence-electron chi connectivity index (χ3n) is 3.35. The summed E-state index contributed by atoms with van der Waals surface area (Å²) in [6, 6.07) is 14.7. The van der Waals surface area contributed by atoms with Crippen molar-refractivity contribution in [3.63, 3.8) is 0 Å². The number of rotatable bonds is 5. The van der Waals surface area contributed by atoms with Crippen LogP contribution in [-0.4, -0.2) is 23.1 Å². The van der Waals surface area contributed by atoms with Gasteiger partial charge in [0, 0.05) is 30.8 Å². The number of aromatic nitrogens is 2. The van der Waals surface area contributed by atoms with Crippen molar-refractivity contribution in [3.05, 3.63) is 59.4 Å². The lowest BCUT2D eigenvalue weighted by Crippen LogP contribution is -2.30. The molecule has 20 heavy (non-hydrogen) atoms. The molecule has 2 aromatic heterocycles. The predicted molar refractivity (Wildman–Crippen MR) is 84.1 cm³/mol. The van der Waals surface area contributed by atoms with Gasteiger partial charge in [-0.05, 0) is 31.3 Å². The molecule has 102 valence electrons. The fourth-order valence-corrected chi connectivity index (χ4v) is 3.31. The quantitative estimate of drug-likeness (QED) is 0.782. The molecule has 0 saturated heterocycles. The van der Waals surface area contributed by atoms with Crippen LogP contribution in [0.4, 0.5) is 0 Å². The first-order chi connectivity index (χ1) is 9.85. The number of fused-ring (bicyclic) bond motifs is 1. The van der Waals surface area contributed by atoms with Gasteiger partial charge < -0.3 is 5.32 Å². The Kier molecular flexibility index (Phi) is 4.04. The second-order valence-electron chi connectivity index (χ2n) is 4.79. The first-order valence-corrected chi connectivity index (χ1v) is 7.58. The molecule has 1 unspecified atom stereocenters. The normalized spacial score (nSPS) is 12.7. The van der Waals surface area contributed by atoms with E-state index in [4.69, 9.17) is 4.98 Å². The maximum absolute atomic E-state index is 4.70. The standard InChI is InChI=1S/C16H17N3S/c1-17-13(10-12-6-4-5-9-18-12)11-16-19-14-7-2-3-8-15(14)20-16/h2-9,13,17H,10-11H2,1H3. The smallest absolute Gasteiger partial charge is 0.0954 e. The van der Waals surface area contributed by atoms with Crippen molar-refractivity contribution in [2.24, 2.45) is 0 Å². The molecule has 0 aliphatic rings. The lowest BCUT2D eigenvalue weighted by Gasteiger charge is -2.13. The molecule has 0 saturated carbocycles. The summed E-state index contributed by atoms with van der Waals surface area (Å²) < 4.78 is 1.26. The van der Waals surface area contributed by atoms with Crippen LogP contribution in [0.2, 0.25) is 0 Å². The minimum Gasteiger partial charge on any atom is -0.316 e. The number of pyridine rings is 1. The van der Waals surface area contributed by atoms with E-state index in [2.05, 4.69) is 34.6 Å². The molecule has 0 aliphatic heterocycles. The lowest BCUT2D eigenvalue weighted by molar-refractivity contribution is 0.549. The third-order valence-corrected chi connectivity index (χ3v) is 4.41. The van der Waals surface area contributed by atoms with Gasteiger partial charge in [0.1, 0.15) is 0 Å². The van der Waals surface area contributed by atoms with Gasteiger partial charge >= 0.3 is 0 Å². The van der Waals surface area contributed by atoms with Gasteiger partial charge in [-0.15, -0.1) is 11.3 Å². The zero-order valence-electron chi connectivity index (χ0n) is 11.4. The third kappa shape index (κ3) is 3.03. The Morgan fingerprint density at radius 2 is 1.95 bits per heavy atom. The summed E-state index contributed by atoms with van der Waals surface area (Å²) in [5.74, 6) is 0. The molecule has 4 heteroatoms. The first-order valence-electron chi connectivity index (χ1n) is 6.77. The van der Waals surface area contributed by atoms with Gasteiger partial charge in [0.05, 0.1) is 15.2 Å². The number of nitrogens with zero attached hydrogens (tertiary/aromatic N) is 2. The second kappa shape index (κ2) is 6.11. The van der Waals surface area contributed by atoms with E-state index in [1.165, 1.54) is 9.71 Å². The minimum atomic E-state index is 0.366. The molecule has 0 aliphatic carbocycles. The summed E-state index contributed by atoms with van der Waals surface area (Å²) in [5.41, 5.74) is 2.22. The van der Waals surface area contributed by atoms with Crippen molar-refractivity contribution in [1.82, 2.24) is 15.3 Å². The molecule has 2 heterocycles. The largest absolute Gasteiger partial charge is 0.316 e. The van der Waals surface area contributed by atoms with Gasteiger partial charge in [0.2, 0.25) is 0 Å². The SMILES string of the molecule is CNC(Cc1ccccn1)Cc1nc2ccccc2s1. The maximum Gasteiger partial charge on any atom is 0.0954 e. The molecule has 1 aromatic carbocycles. The van der Waals surface area contributed by atoms with Crippen molar-refractivity contribution in [3.8, 4) is 0 Å². The summed E-state index contributed by atoms with van der Waals surface area (Å²) in [6.07, 6.45) is 3.71. The molecular weight excluding hydrogens is 266 g/mol. The van der Waals surface area contributed by atoms with Crippen molar-refractivity contribution < 1.29 is 0 Å². The summed E-state index contributed by atoms with van der Waals surface area (Å²) in [7, 11) is 2.00. The van der Waals surface area contributed by atoms with Crippen LogP contribution in [0.3, 0.4) is 0 Å². The second-order valence-corrected chi connectivity index (χ2v) is 5.91. The van der Waals surface area contributed by atoms with Crippen LogP contribution in [0.5, 0.6) is 0 Å². The monoisotopic (exact) mass is 283 g/mol. The highest BCUT2D eigenvalue weighted by Gasteiger charge is 2.12. The van der Waals surface area contributed by atoms with Crippen LogP contribution < -0.4 is 5.32 Å². The predicted octanol–water partition coefficient (Wildman–Crippen LogP) is 3.06. The molecule has 1 atom stereocenters. The molecule has 3 aromatic rings. The number of nitrogens with one attached hydrogen (secondary N) is 1. The van der Waals surface area contributed by atoms with Gasteiger partial charge in [0.15, 0.2) is 0 Å². The molecular formula is C16H17N3S. The van der Waals surface area contributed by atoms with Gasteiger partial charge in [0.25, 0.3) is 0 Å². The zero-order valence-corrected chi connectivity index (χ0v) is 12.2. The fourth-order valence-electron chi connectivity index (χ4n) is 2.27. The number of benzene rings is 1. The Morgan fingerprint density at radius 3 is 2.70 bits per heavy atom. The molecule has 0 bridgehead atoms. The van der Waals surface area contributed by atoms with Crippen molar-refractivity contribution in [2.45, 2.75) is 18.9 Å². The zero-order chi connectivity index (χ0) is 13.8. The molecule has 0 amide bonds. The van der Waals surface area contributed by atoms with Crippen LogP contribution in [0, 0.1) is 0 Å². The van der Waals surface area contributed by atoms with Crippen LogP contribution in [0.1, 0.15) is 10.7 Å². The molecule has 3 nitrogen and oxygen atoms in total. The number of thiazole rings is 1. The van der Waals surface area contributed by atoms with E-state index in [0.29, 0.717) is 6.04 Å². The van der Waals surface area contributed by atoms with E-state index < -0.39 is 0 Å². The molecule has 0 fully saturated rings. The Balaban J connectivity index is 1.74. The van der Waals surface area contributed by atoms with E-state index in [9.17, 15) is 0 Å². The summed E-state index contributed by atoms with van der Waals surface area (Å²) in [5, 5.41) is 4.55. The number of hydrogen-bond donors (Lipinski definition) is 1. The molecule has 3 rings (SSSR count). The number of para-hydroxylation sites is 1. The van der Waals surface area contributed by atoms with E-state index in [1.54, 1.807) is 11.3 Å². The van der Waals surface area contributed by atoms with E-state index in [0.717, 1.165) is 24.1 Å². The Hall–Kier alpha value is -1.78. The van der Waals surface area contributed by atoms with Gasteiger partial charge in [-0.3, -0.25) is 4.98 Å². The topological polar surface area (TPSA) is 37.8 Å². The van der Waals surface area contributed by atoms with Crippen molar-refractivity contribution in [1.29, 1.82) is 0 Å². The Labute approximate surface area is 122 Å². The van der Waals surface area contributed by atoms with Crippen molar-refractivity contribution in [2.75, 3.05) is 7.05 Å². The highest BCUT2D eigenvalue weighted by Crippen LogP contribution is 2.22.